The maximum Gasteiger partial charge on any atom is 0.0320 e. The number of rotatable bonds is 6. The molecule has 0 aromatic heterocycles. The number of aryl methyl sites for hydroxylation is 1. The van der Waals surface area contributed by atoms with E-state index in [9.17, 15) is 0 Å². The molecule has 0 spiro atoms. The van der Waals surface area contributed by atoms with Crippen molar-refractivity contribution in [1.82, 2.24) is 5.32 Å². The van der Waals surface area contributed by atoms with Crippen LogP contribution in [0.2, 0.25) is 0 Å². The third kappa shape index (κ3) is 4.09. The molecule has 0 radical (unpaired) electrons. The van der Waals surface area contributed by atoms with E-state index < -0.39 is 0 Å². The SMILES string of the molecule is CCc1ccc(C(CC)NC(C)C2CCCCC2)cc1. The maximum absolute atomic E-state index is 3.89. The second-order valence-corrected chi connectivity index (χ2v) is 6.41. The lowest BCUT2D eigenvalue weighted by atomic mass is 9.84. The Balaban J connectivity index is 1.96. The molecule has 1 aliphatic carbocycles. The highest BCUT2D eigenvalue weighted by Crippen LogP contribution is 2.28. The summed E-state index contributed by atoms with van der Waals surface area (Å²) in [5, 5.41) is 3.89. The van der Waals surface area contributed by atoms with E-state index in [0.717, 1.165) is 12.3 Å². The van der Waals surface area contributed by atoms with Crippen LogP contribution < -0.4 is 5.32 Å². The normalized spacial score (nSPS) is 19.8. The summed E-state index contributed by atoms with van der Waals surface area (Å²) in [6.07, 6.45) is 9.43. The van der Waals surface area contributed by atoms with Gasteiger partial charge in [0.25, 0.3) is 0 Å². The zero-order chi connectivity index (χ0) is 14.4. The molecule has 1 N–H and O–H groups in total. The molecule has 1 aliphatic rings. The van der Waals surface area contributed by atoms with Crippen LogP contribution in [0, 0.1) is 5.92 Å². The first-order valence-corrected chi connectivity index (χ1v) is 8.59. The van der Waals surface area contributed by atoms with Crippen LogP contribution in [0.5, 0.6) is 0 Å². The van der Waals surface area contributed by atoms with Gasteiger partial charge in [-0.1, -0.05) is 57.4 Å². The van der Waals surface area contributed by atoms with E-state index in [1.807, 2.05) is 0 Å². The highest BCUT2D eigenvalue weighted by molar-refractivity contribution is 5.25. The Hall–Kier alpha value is -0.820. The number of hydrogen-bond acceptors (Lipinski definition) is 1. The van der Waals surface area contributed by atoms with Gasteiger partial charge in [0.1, 0.15) is 0 Å². The van der Waals surface area contributed by atoms with Crippen molar-refractivity contribution in [2.24, 2.45) is 5.92 Å². The van der Waals surface area contributed by atoms with E-state index in [-0.39, 0.29) is 0 Å². The van der Waals surface area contributed by atoms with Gasteiger partial charge in [-0.25, -0.2) is 0 Å². The van der Waals surface area contributed by atoms with Crippen molar-refractivity contribution in [3.63, 3.8) is 0 Å². The van der Waals surface area contributed by atoms with Crippen molar-refractivity contribution in [3.05, 3.63) is 35.4 Å². The van der Waals surface area contributed by atoms with Crippen LogP contribution in [0.25, 0.3) is 0 Å². The standard InChI is InChI=1S/C19H31N/c1-4-16-11-13-18(14-12-16)19(5-2)20-15(3)17-9-7-6-8-10-17/h11-15,17,19-20H,4-10H2,1-3H3. The van der Waals surface area contributed by atoms with Crippen molar-refractivity contribution < 1.29 is 0 Å². The molecule has 2 atom stereocenters. The zero-order valence-electron chi connectivity index (χ0n) is 13.5. The highest BCUT2D eigenvalue weighted by Gasteiger charge is 2.22. The molecule has 1 fully saturated rings. The van der Waals surface area contributed by atoms with Gasteiger partial charge in [0.05, 0.1) is 0 Å². The molecule has 1 heteroatoms. The Morgan fingerprint density at radius 3 is 2.25 bits per heavy atom. The van der Waals surface area contributed by atoms with Gasteiger partial charge < -0.3 is 5.32 Å². The fourth-order valence-electron chi connectivity index (χ4n) is 3.52. The van der Waals surface area contributed by atoms with Gasteiger partial charge in [-0.05, 0) is 49.7 Å². The van der Waals surface area contributed by atoms with Gasteiger partial charge in [-0.2, -0.15) is 0 Å². The smallest absolute Gasteiger partial charge is 0.0320 e. The molecule has 1 nitrogen and oxygen atoms in total. The molecule has 0 bridgehead atoms. The van der Waals surface area contributed by atoms with E-state index >= 15 is 0 Å². The van der Waals surface area contributed by atoms with Crippen LogP contribution in [-0.4, -0.2) is 6.04 Å². The van der Waals surface area contributed by atoms with Gasteiger partial charge in [0, 0.05) is 12.1 Å². The van der Waals surface area contributed by atoms with Crippen molar-refractivity contribution in [2.45, 2.75) is 77.8 Å². The van der Waals surface area contributed by atoms with E-state index in [2.05, 4.69) is 50.4 Å². The topological polar surface area (TPSA) is 12.0 Å². The molecule has 112 valence electrons. The summed E-state index contributed by atoms with van der Waals surface area (Å²) < 4.78 is 0. The molecule has 20 heavy (non-hydrogen) atoms. The molecule has 2 unspecified atom stereocenters. The molecule has 1 aromatic carbocycles. The first-order chi connectivity index (χ1) is 9.74. The molecule has 0 saturated heterocycles. The molecule has 0 amide bonds. The first kappa shape index (κ1) is 15.6. The van der Waals surface area contributed by atoms with E-state index in [1.165, 1.54) is 49.7 Å². The van der Waals surface area contributed by atoms with Crippen molar-refractivity contribution in [3.8, 4) is 0 Å². The van der Waals surface area contributed by atoms with Gasteiger partial charge in [-0.15, -0.1) is 0 Å². The molecular formula is C19H31N. The van der Waals surface area contributed by atoms with Gasteiger partial charge in [-0.3, -0.25) is 0 Å². The van der Waals surface area contributed by atoms with Crippen molar-refractivity contribution in [2.75, 3.05) is 0 Å². The fourth-order valence-corrected chi connectivity index (χ4v) is 3.52. The number of hydrogen-bond donors (Lipinski definition) is 1. The minimum absolute atomic E-state index is 0.512. The summed E-state index contributed by atoms with van der Waals surface area (Å²) >= 11 is 0. The second kappa shape index (κ2) is 7.83. The van der Waals surface area contributed by atoms with Gasteiger partial charge >= 0.3 is 0 Å². The lowest BCUT2D eigenvalue weighted by Crippen LogP contribution is -2.37. The number of benzene rings is 1. The minimum Gasteiger partial charge on any atom is -0.307 e. The Kier molecular flexibility index (Phi) is 6.09. The Morgan fingerprint density at radius 1 is 1.05 bits per heavy atom. The Morgan fingerprint density at radius 2 is 1.70 bits per heavy atom. The van der Waals surface area contributed by atoms with Gasteiger partial charge in [0.15, 0.2) is 0 Å². The van der Waals surface area contributed by atoms with Crippen molar-refractivity contribution in [1.29, 1.82) is 0 Å². The Bertz CT molecular complexity index is 375. The van der Waals surface area contributed by atoms with Crippen molar-refractivity contribution >= 4 is 0 Å². The molecule has 1 aromatic rings. The number of nitrogens with one attached hydrogen (secondary N) is 1. The largest absolute Gasteiger partial charge is 0.307 e. The average molecular weight is 273 g/mol. The highest BCUT2D eigenvalue weighted by atomic mass is 14.9. The fraction of sp³-hybridized carbons (Fsp3) is 0.684. The maximum atomic E-state index is 3.89. The van der Waals surface area contributed by atoms with Crippen LogP contribution in [-0.2, 0) is 6.42 Å². The summed E-state index contributed by atoms with van der Waals surface area (Å²) in [6.45, 7) is 6.90. The van der Waals surface area contributed by atoms with E-state index in [0.29, 0.717) is 12.1 Å². The van der Waals surface area contributed by atoms with Crippen LogP contribution in [0.4, 0.5) is 0 Å². The van der Waals surface area contributed by atoms with Crippen LogP contribution in [0.3, 0.4) is 0 Å². The van der Waals surface area contributed by atoms with Gasteiger partial charge in [0.2, 0.25) is 0 Å². The Labute approximate surface area is 125 Å². The third-order valence-electron chi connectivity index (χ3n) is 5.02. The summed E-state index contributed by atoms with van der Waals surface area (Å²) in [5.41, 5.74) is 2.89. The van der Waals surface area contributed by atoms with E-state index in [1.54, 1.807) is 0 Å². The summed E-state index contributed by atoms with van der Waals surface area (Å²) in [6, 6.07) is 10.3. The minimum atomic E-state index is 0.512. The summed E-state index contributed by atoms with van der Waals surface area (Å²) in [4.78, 5) is 0. The quantitative estimate of drug-likeness (QED) is 0.745. The van der Waals surface area contributed by atoms with Crippen LogP contribution in [0.1, 0.15) is 76.5 Å². The lowest BCUT2D eigenvalue weighted by Gasteiger charge is -2.31. The zero-order valence-corrected chi connectivity index (χ0v) is 13.5. The molecule has 0 aliphatic heterocycles. The second-order valence-electron chi connectivity index (χ2n) is 6.41. The molecule has 0 heterocycles. The first-order valence-electron chi connectivity index (χ1n) is 8.59. The summed E-state index contributed by atoms with van der Waals surface area (Å²) in [5.74, 6) is 0.882. The van der Waals surface area contributed by atoms with Crippen LogP contribution >= 0.6 is 0 Å². The van der Waals surface area contributed by atoms with Crippen LogP contribution in [0.15, 0.2) is 24.3 Å². The molecule has 1 saturated carbocycles. The third-order valence-corrected chi connectivity index (χ3v) is 5.02. The predicted molar refractivity (Wildman–Crippen MR) is 88.0 cm³/mol. The predicted octanol–water partition coefficient (Wildman–Crippen LogP) is 5.26. The monoisotopic (exact) mass is 273 g/mol. The molecular weight excluding hydrogens is 242 g/mol. The average Bonchev–Trinajstić information content (AvgIpc) is 2.53. The van der Waals surface area contributed by atoms with E-state index in [4.69, 9.17) is 0 Å². The lowest BCUT2D eigenvalue weighted by molar-refractivity contribution is 0.262. The molecule has 2 rings (SSSR count). The summed E-state index contributed by atoms with van der Waals surface area (Å²) in [7, 11) is 0.